The third-order valence-corrected chi connectivity index (χ3v) is 4.66. The number of hydrogen-bond donors (Lipinski definition) is 2. The maximum Gasteiger partial charge on any atom is 0.335 e. The molecule has 0 aliphatic carbocycles. The molecule has 0 aliphatic heterocycles. The second-order valence-corrected chi connectivity index (χ2v) is 6.98. The SMILES string of the molecule is Cc1ccc(-n2ncc(Oc3ccccc3F)c(Nc3cccc(C(=O)O)c3)c2=O)cc1. The van der Waals surface area contributed by atoms with Crippen molar-refractivity contribution in [1.29, 1.82) is 0 Å². The zero-order valence-electron chi connectivity index (χ0n) is 16.9. The van der Waals surface area contributed by atoms with E-state index in [1.165, 1.54) is 41.2 Å². The van der Waals surface area contributed by atoms with Gasteiger partial charge in [-0.15, -0.1) is 0 Å². The monoisotopic (exact) mass is 431 g/mol. The maximum atomic E-state index is 14.1. The summed E-state index contributed by atoms with van der Waals surface area (Å²) in [5.74, 6) is -1.80. The van der Waals surface area contributed by atoms with E-state index in [0.29, 0.717) is 11.4 Å². The molecule has 4 rings (SSSR count). The van der Waals surface area contributed by atoms with E-state index in [1.807, 2.05) is 19.1 Å². The number of ether oxygens (including phenoxy) is 1. The standard InChI is InChI=1S/C24H18FN3O4/c1-15-9-11-18(12-10-15)28-23(29)22(27-17-6-4-5-16(13-17)24(30)31)21(14-26-28)32-20-8-3-2-7-19(20)25/h2-14,27H,1H3,(H,30,31). The molecule has 8 heteroatoms. The van der Waals surface area contributed by atoms with E-state index in [-0.39, 0.29) is 22.7 Å². The summed E-state index contributed by atoms with van der Waals surface area (Å²) in [5.41, 5.74) is 1.36. The number of nitrogens with zero attached hydrogens (tertiary/aromatic N) is 2. The summed E-state index contributed by atoms with van der Waals surface area (Å²) < 4.78 is 21.0. The van der Waals surface area contributed by atoms with Crippen molar-refractivity contribution in [1.82, 2.24) is 9.78 Å². The van der Waals surface area contributed by atoms with Gasteiger partial charge in [-0.25, -0.2) is 9.18 Å². The van der Waals surface area contributed by atoms with E-state index in [0.717, 1.165) is 5.56 Å². The highest BCUT2D eigenvalue weighted by Gasteiger charge is 2.17. The first-order chi connectivity index (χ1) is 15.4. The number of aromatic nitrogens is 2. The summed E-state index contributed by atoms with van der Waals surface area (Å²) in [6, 6.07) is 18.9. The Morgan fingerprint density at radius 1 is 1.03 bits per heavy atom. The summed E-state index contributed by atoms with van der Waals surface area (Å²) in [7, 11) is 0. The lowest BCUT2D eigenvalue weighted by Crippen LogP contribution is -2.24. The molecular weight excluding hydrogens is 413 g/mol. The zero-order valence-corrected chi connectivity index (χ0v) is 16.9. The fourth-order valence-electron chi connectivity index (χ4n) is 3.02. The first-order valence-corrected chi connectivity index (χ1v) is 9.64. The number of para-hydroxylation sites is 1. The molecule has 0 amide bonds. The van der Waals surface area contributed by atoms with Crippen LogP contribution in [0.3, 0.4) is 0 Å². The molecule has 0 bridgehead atoms. The van der Waals surface area contributed by atoms with E-state index in [2.05, 4.69) is 10.4 Å². The lowest BCUT2D eigenvalue weighted by atomic mass is 10.2. The number of aromatic carboxylic acids is 1. The summed E-state index contributed by atoms with van der Waals surface area (Å²) in [6.07, 6.45) is 1.30. The molecule has 0 atom stereocenters. The van der Waals surface area contributed by atoms with E-state index >= 15 is 0 Å². The first kappa shape index (κ1) is 20.8. The van der Waals surface area contributed by atoms with Gasteiger partial charge in [-0.1, -0.05) is 35.9 Å². The average molecular weight is 431 g/mol. The van der Waals surface area contributed by atoms with Crippen LogP contribution < -0.4 is 15.6 Å². The lowest BCUT2D eigenvalue weighted by Gasteiger charge is -2.15. The van der Waals surface area contributed by atoms with Crippen molar-refractivity contribution in [3.8, 4) is 17.2 Å². The van der Waals surface area contributed by atoms with Gasteiger partial charge in [0, 0.05) is 5.69 Å². The Morgan fingerprint density at radius 2 is 1.78 bits per heavy atom. The van der Waals surface area contributed by atoms with Crippen molar-refractivity contribution in [3.05, 3.63) is 106 Å². The van der Waals surface area contributed by atoms with E-state index in [4.69, 9.17) is 4.74 Å². The molecule has 2 N–H and O–H groups in total. The fraction of sp³-hybridized carbons (Fsp3) is 0.0417. The minimum Gasteiger partial charge on any atom is -0.478 e. The van der Waals surface area contributed by atoms with Gasteiger partial charge in [0.2, 0.25) is 0 Å². The molecule has 160 valence electrons. The molecule has 4 aromatic rings. The Morgan fingerprint density at radius 3 is 2.50 bits per heavy atom. The molecular formula is C24H18FN3O4. The molecule has 0 radical (unpaired) electrons. The second-order valence-electron chi connectivity index (χ2n) is 6.98. The van der Waals surface area contributed by atoms with E-state index in [9.17, 15) is 19.1 Å². The van der Waals surface area contributed by atoms with Crippen LogP contribution in [0.5, 0.6) is 11.5 Å². The molecule has 0 spiro atoms. The Bertz CT molecular complexity index is 1350. The summed E-state index contributed by atoms with van der Waals surface area (Å²) in [5, 5.41) is 16.3. The Hall–Kier alpha value is -4.46. The van der Waals surface area contributed by atoms with Crippen LogP contribution in [0, 0.1) is 12.7 Å². The summed E-state index contributed by atoms with van der Waals surface area (Å²) >= 11 is 0. The predicted molar refractivity (Wildman–Crippen MR) is 118 cm³/mol. The number of benzene rings is 3. The second kappa shape index (κ2) is 8.73. The van der Waals surface area contributed by atoms with Gasteiger partial charge in [-0.2, -0.15) is 9.78 Å². The van der Waals surface area contributed by atoms with Crippen molar-refractivity contribution in [2.75, 3.05) is 5.32 Å². The predicted octanol–water partition coefficient (Wildman–Crippen LogP) is 4.91. The normalized spacial score (nSPS) is 10.6. The van der Waals surface area contributed by atoms with Gasteiger partial charge in [0.1, 0.15) is 0 Å². The third-order valence-electron chi connectivity index (χ3n) is 4.66. The van der Waals surface area contributed by atoms with Crippen LogP contribution in [-0.2, 0) is 0 Å². The van der Waals surface area contributed by atoms with Crippen LogP contribution in [0.1, 0.15) is 15.9 Å². The van der Waals surface area contributed by atoms with Gasteiger partial charge < -0.3 is 15.2 Å². The Kier molecular flexibility index (Phi) is 5.67. The van der Waals surface area contributed by atoms with Crippen LogP contribution in [0.25, 0.3) is 5.69 Å². The highest BCUT2D eigenvalue weighted by Crippen LogP contribution is 2.30. The van der Waals surface area contributed by atoms with E-state index in [1.54, 1.807) is 30.3 Å². The van der Waals surface area contributed by atoms with Crippen molar-refractivity contribution in [2.24, 2.45) is 0 Å². The molecule has 0 aliphatic rings. The number of nitrogens with one attached hydrogen (secondary N) is 1. The van der Waals surface area contributed by atoms with Gasteiger partial charge in [-0.3, -0.25) is 4.79 Å². The number of anilines is 2. The average Bonchev–Trinajstić information content (AvgIpc) is 2.79. The van der Waals surface area contributed by atoms with Gasteiger partial charge in [-0.05, 0) is 49.4 Å². The topological polar surface area (TPSA) is 93.4 Å². The van der Waals surface area contributed by atoms with Gasteiger partial charge in [0.25, 0.3) is 5.56 Å². The minimum absolute atomic E-state index is 0.0100. The van der Waals surface area contributed by atoms with Crippen LogP contribution in [-0.4, -0.2) is 20.9 Å². The molecule has 0 saturated carbocycles. The fourth-order valence-corrected chi connectivity index (χ4v) is 3.02. The van der Waals surface area contributed by atoms with Crippen LogP contribution in [0.15, 0.2) is 83.8 Å². The third kappa shape index (κ3) is 4.34. The number of carboxylic acids is 1. The number of aryl methyl sites for hydroxylation is 1. The summed E-state index contributed by atoms with van der Waals surface area (Å²) in [6.45, 7) is 1.92. The molecule has 0 saturated heterocycles. The minimum atomic E-state index is -1.11. The van der Waals surface area contributed by atoms with Gasteiger partial charge in [0.05, 0.1) is 17.4 Å². The molecule has 32 heavy (non-hydrogen) atoms. The number of rotatable bonds is 6. The van der Waals surface area contributed by atoms with Crippen LogP contribution in [0.4, 0.5) is 15.8 Å². The first-order valence-electron chi connectivity index (χ1n) is 9.64. The number of halogens is 1. The quantitative estimate of drug-likeness (QED) is 0.450. The Balaban J connectivity index is 1.82. The number of carboxylic acid groups (broad SMARTS) is 1. The number of hydrogen-bond acceptors (Lipinski definition) is 5. The van der Waals surface area contributed by atoms with Crippen LogP contribution >= 0.6 is 0 Å². The molecule has 1 aromatic heterocycles. The van der Waals surface area contributed by atoms with E-state index < -0.39 is 17.3 Å². The maximum absolute atomic E-state index is 14.1. The van der Waals surface area contributed by atoms with Crippen molar-refractivity contribution < 1.29 is 19.0 Å². The Labute approximate surface area is 182 Å². The molecule has 0 fully saturated rings. The summed E-state index contributed by atoms with van der Waals surface area (Å²) in [4.78, 5) is 24.6. The smallest absolute Gasteiger partial charge is 0.335 e. The number of carbonyl (C=O) groups is 1. The van der Waals surface area contributed by atoms with Crippen LogP contribution in [0.2, 0.25) is 0 Å². The largest absolute Gasteiger partial charge is 0.478 e. The molecule has 0 unspecified atom stereocenters. The molecule has 7 nitrogen and oxygen atoms in total. The highest BCUT2D eigenvalue weighted by molar-refractivity contribution is 5.89. The van der Waals surface area contributed by atoms with Crippen molar-refractivity contribution in [2.45, 2.75) is 6.92 Å². The molecule has 3 aromatic carbocycles. The van der Waals surface area contributed by atoms with Crippen molar-refractivity contribution >= 4 is 17.3 Å². The highest BCUT2D eigenvalue weighted by atomic mass is 19.1. The van der Waals surface area contributed by atoms with Crippen molar-refractivity contribution in [3.63, 3.8) is 0 Å². The lowest BCUT2D eigenvalue weighted by molar-refractivity contribution is 0.0697. The van der Waals surface area contributed by atoms with Gasteiger partial charge in [0.15, 0.2) is 23.0 Å². The van der Waals surface area contributed by atoms with Gasteiger partial charge >= 0.3 is 5.97 Å². The zero-order chi connectivity index (χ0) is 22.7. The molecule has 1 heterocycles.